The van der Waals surface area contributed by atoms with Gasteiger partial charge in [0.2, 0.25) is 5.91 Å². The molecule has 0 unspecified atom stereocenters. The Hall–Kier alpha value is -1.34. The number of sulfone groups is 1. The summed E-state index contributed by atoms with van der Waals surface area (Å²) in [6.07, 6.45) is 0.948. The summed E-state index contributed by atoms with van der Waals surface area (Å²) in [7, 11) is -3.01. The number of nitrogens with zero attached hydrogens (tertiary/aromatic N) is 2. The van der Waals surface area contributed by atoms with Gasteiger partial charge in [0.25, 0.3) is 0 Å². The summed E-state index contributed by atoms with van der Waals surface area (Å²) in [5, 5.41) is 0.565. The molecule has 0 saturated carbocycles. The first-order valence-corrected chi connectivity index (χ1v) is 9.94. The van der Waals surface area contributed by atoms with E-state index in [-0.39, 0.29) is 28.7 Å². The van der Waals surface area contributed by atoms with Crippen LogP contribution in [0.1, 0.15) is 19.4 Å². The summed E-state index contributed by atoms with van der Waals surface area (Å²) in [6, 6.07) is 7.87. The predicted octanol–water partition coefficient (Wildman–Crippen LogP) is 1.87. The Labute approximate surface area is 134 Å². The zero-order valence-corrected chi connectivity index (χ0v) is 14.2. The fourth-order valence-corrected chi connectivity index (χ4v) is 6.85. The van der Waals surface area contributed by atoms with E-state index in [1.807, 2.05) is 29.2 Å². The van der Waals surface area contributed by atoms with Gasteiger partial charge < -0.3 is 4.90 Å². The number of anilines is 1. The van der Waals surface area contributed by atoms with Crippen molar-refractivity contribution in [2.24, 2.45) is 4.99 Å². The van der Waals surface area contributed by atoms with E-state index in [1.54, 1.807) is 0 Å². The van der Waals surface area contributed by atoms with Crippen molar-refractivity contribution in [2.75, 3.05) is 16.4 Å². The average Bonchev–Trinajstić information content (AvgIpc) is 2.89. The Bertz CT molecular complexity index is 726. The lowest BCUT2D eigenvalue weighted by atomic mass is 10.1. The minimum absolute atomic E-state index is 0.0473. The quantitative estimate of drug-likeness (QED) is 0.823. The molecule has 0 bridgehead atoms. The van der Waals surface area contributed by atoms with E-state index in [4.69, 9.17) is 0 Å². The number of aliphatic imine (C=N–C) groups is 1. The number of benzene rings is 1. The highest BCUT2D eigenvalue weighted by molar-refractivity contribution is 8.16. The number of thioether (sulfide) groups is 1. The molecule has 7 heteroatoms. The summed E-state index contributed by atoms with van der Waals surface area (Å²) in [6.45, 7) is 3.50. The van der Waals surface area contributed by atoms with Gasteiger partial charge >= 0.3 is 0 Å². The van der Waals surface area contributed by atoms with Crippen LogP contribution < -0.4 is 4.90 Å². The number of hydrogen-bond acceptors (Lipinski definition) is 4. The smallest absolute Gasteiger partial charge is 0.244 e. The molecular weight excluding hydrogens is 320 g/mol. The molecule has 22 heavy (non-hydrogen) atoms. The molecule has 0 radical (unpaired) electrons. The molecule has 0 N–H and O–H groups in total. The minimum atomic E-state index is -3.01. The third-order valence-corrected chi connectivity index (χ3v) is 7.15. The normalized spacial score (nSPS) is 28.1. The van der Waals surface area contributed by atoms with E-state index >= 15 is 0 Å². The lowest BCUT2D eigenvalue weighted by Crippen LogP contribution is -2.37. The molecule has 2 saturated heterocycles. The van der Waals surface area contributed by atoms with Gasteiger partial charge in [0.15, 0.2) is 15.0 Å². The third kappa shape index (κ3) is 2.92. The first kappa shape index (κ1) is 15.6. The van der Waals surface area contributed by atoms with E-state index in [0.29, 0.717) is 5.17 Å². The van der Waals surface area contributed by atoms with Gasteiger partial charge in [-0.25, -0.2) is 8.42 Å². The molecular formula is C15H18N2O3S2. The second-order valence-electron chi connectivity index (χ2n) is 5.60. The molecule has 1 aromatic carbocycles. The number of amidine groups is 1. The molecule has 1 aromatic rings. The van der Waals surface area contributed by atoms with Gasteiger partial charge in [-0.3, -0.25) is 4.79 Å². The second kappa shape index (κ2) is 5.70. The maximum Gasteiger partial charge on any atom is 0.244 e. The molecule has 2 aliphatic heterocycles. The Balaban J connectivity index is 2.00. The highest BCUT2D eigenvalue weighted by Crippen LogP contribution is 2.40. The van der Waals surface area contributed by atoms with Crippen LogP contribution in [0.25, 0.3) is 0 Å². The van der Waals surface area contributed by atoms with Gasteiger partial charge in [-0.1, -0.05) is 30.8 Å². The highest BCUT2D eigenvalue weighted by atomic mass is 32.2. The Morgan fingerprint density at radius 1 is 1.32 bits per heavy atom. The molecule has 5 nitrogen and oxygen atoms in total. The van der Waals surface area contributed by atoms with Crippen molar-refractivity contribution in [3.8, 4) is 0 Å². The van der Waals surface area contributed by atoms with Gasteiger partial charge in [0, 0.05) is 17.9 Å². The van der Waals surface area contributed by atoms with E-state index in [1.165, 1.54) is 24.2 Å². The van der Waals surface area contributed by atoms with E-state index < -0.39 is 9.84 Å². The highest BCUT2D eigenvalue weighted by Gasteiger charge is 2.49. The van der Waals surface area contributed by atoms with Crippen LogP contribution in [0.15, 0.2) is 29.3 Å². The SMILES string of the molecule is CCc1ccc(N2C(=NC(C)=O)S[C@@H]3CS(=O)(=O)C[C@H]32)cc1. The molecule has 2 fully saturated rings. The maximum atomic E-state index is 11.9. The van der Waals surface area contributed by atoms with Crippen molar-refractivity contribution in [3.05, 3.63) is 29.8 Å². The molecule has 0 aliphatic carbocycles. The topological polar surface area (TPSA) is 66.8 Å². The standard InChI is InChI=1S/C15H18N2O3S2/c1-3-11-4-6-12(7-5-11)17-13-8-22(19,20)9-14(13)21-15(17)16-10(2)18/h4-7,13-14H,3,8-9H2,1-2H3/t13-,14-/m1/s1. The summed E-state index contributed by atoms with van der Waals surface area (Å²) in [4.78, 5) is 17.4. The molecule has 118 valence electrons. The lowest BCUT2D eigenvalue weighted by molar-refractivity contribution is -0.115. The van der Waals surface area contributed by atoms with E-state index in [9.17, 15) is 13.2 Å². The van der Waals surface area contributed by atoms with Crippen LogP contribution in [-0.4, -0.2) is 42.3 Å². The number of aryl methyl sites for hydroxylation is 1. The maximum absolute atomic E-state index is 11.9. The van der Waals surface area contributed by atoms with Crippen molar-refractivity contribution < 1.29 is 13.2 Å². The van der Waals surface area contributed by atoms with Gasteiger partial charge in [-0.2, -0.15) is 4.99 Å². The van der Waals surface area contributed by atoms with Crippen LogP contribution in [0.2, 0.25) is 0 Å². The van der Waals surface area contributed by atoms with Gasteiger partial charge in [0.1, 0.15) is 0 Å². The number of carbonyl (C=O) groups excluding carboxylic acids is 1. The molecule has 2 heterocycles. The molecule has 1 amide bonds. The zero-order chi connectivity index (χ0) is 15.9. The van der Waals surface area contributed by atoms with Gasteiger partial charge in [0.05, 0.1) is 17.5 Å². The number of rotatable bonds is 2. The number of carbonyl (C=O) groups is 1. The summed E-state index contributed by atoms with van der Waals surface area (Å²) in [5.74, 6) is 0.0143. The Morgan fingerprint density at radius 2 is 2.00 bits per heavy atom. The van der Waals surface area contributed by atoms with Crippen LogP contribution in [-0.2, 0) is 21.1 Å². The first-order valence-electron chi connectivity index (χ1n) is 7.24. The number of amides is 1. The van der Waals surface area contributed by atoms with E-state index in [2.05, 4.69) is 11.9 Å². The zero-order valence-electron chi connectivity index (χ0n) is 12.5. The average molecular weight is 338 g/mol. The van der Waals surface area contributed by atoms with Crippen molar-refractivity contribution >= 4 is 38.4 Å². The number of fused-ring (bicyclic) bond motifs is 1. The monoisotopic (exact) mass is 338 g/mol. The first-order chi connectivity index (χ1) is 10.4. The Kier molecular flexibility index (Phi) is 4.03. The Morgan fingerprint density at radius 3 is 2.59 bits per heavy atom. The third-order valence-electron chi connectivity index (χ3n) is 3.94. The molecule has 0 aromatic heterocycles. The fourth-order valence-electron chi connectivity index (χ4n) is 2.89. The van der Waals surface area contributed by atoms with Crippen LogP contribution in [0.5, 0.6) is 0 Å². The largest absolute Gasteiger partial charge is 0.316 e. The van der Waals surface area contributed by atoms with Gasteiger partial charge in [-0.15, -0.1) is 0 Å². The minimum Gasteiger partial charge on any atom is -0.316 e. The van der Waals surface area contributed by atoms with Crippen LogP contribution in [0.4, 0.5) is 5.69 Å². The lowest BCUT2D eigenvalue weighted by Gasteiger charge is -2.24. The predicted molar refractivity (Wildman–Crippen MR) is 90.2 cm³/mol. The van der Waals surface area contributed by atoms with Crippen molar-refractivity contribution in [2.45, 2.75) is 31.6 Å². The summed E-state index contributed by atoms with van der Waals surface area (Å²) in [5.41, 5.74) is 2.12. The molecule has 3 rings (SSSR count). The molecule has 2 aliphatic rings. The fraction of sp³-hybridized carbons (Fsp3) is 0.467. The summed E-state index contributed by atoms with van der Waals surface area (Å²) >= 11 is 1.40. The molecule has 2 atom stereocenters. The van der Waals surface area contributed by atoms with Crippen LogP contribution in [0.3, 0.4) is 0 Å². The number of hydrogen-bond donors (Lipinski definition) is 0. The van der Waals surface area contributed by atoms with Crippen molar-refractivity contribution in [1.82, 2.24) is 0 Å². The van der Waals surface area contributed by atoms with Gasteiger partial charge in [-0.05, 0) is 24.1 Å². The molecule has 0 spiro atoms. The van der Waals surface area contributed by atoms with Crippen LogP contribution >= 0.6 is 11.8 Å². The van der Waals surface area contributed by atoms with Crippen molar-refractivity contribution in [1.29, 1.82) is 0 Å². The second-order valence-corrected chi connectivity index (χ2v) is 8.96. The van der Waals surface area contributed by atoms with Crippen molar-refractivity contribution in [3.63, 3.8) is 0 Å². The van der Waals surface area contributed by atoms with E-state index in [0.717, 1.165) is 12.1 Å². The van der Waals surface area contributed by atoms with Crippen LogP contribution in [0, 0.1) is 0 Å². The summed E-state index contributed by atoms with van der Waals surface area (Å²) < 4.78 is 23.8.